The fraction of sp³-hybridized carbons (Fsp3) is 0.150. The molecule has 1 heterocycles. The van der Waals surface area contributed by atoms with Crippen molar-refractivity contribution in [1.29, 1.82) is 0 Å². The van der Waals surface area contributed by atoms with Gasteiger partial charge in [-0.05, 0) is 24.3 Å². The number of esters is 2. The second kappa shape index (κ2) is 7.74. The number of carbonyl (C=O) groups excluding carboxylic acids is 2. The van der Waals surface area contributed by atoms with Gasteiger partial charge in [-0.2, -0.15) is 5.10 Å². The normalized spacial score (nSPS) is 10.3. The summed E-state index contributed by atoms with van der Waals surface area (Å²) in [5.41, 5.74) is 1.53. The van der Waals surface area contributed by atoms with Gasteiger partial charge in [0.15, 0.2) is 5.69 Å². The molecule has 0 spiro atoms. The van der Waals surface area contributed by atoms with Crippen LogP contribution in [0, 0.1) is 0 Å². The highest BCUT2D eigenvalue weighted by atomic mass is 16.5. The molecule has 0 aliphatic heterocycles. The summed E-state index contributed by atoms with van der Waals surface area (Å²) in [5.74, 6) is -0.784. The first kappa shape index (κ1) is 18.2. The number of rotatable bonds is 5. The molecule has 7 nitrogen and oxygen atoms in total. The number of carbonyl (C=O) groups is 2. The van der Waals surface area contributed by atoms with Crippen molar-refractivity contribution >= 4 is 11.9 Å². The first-order valence-corrected chi connectivity index (χ1v) is 8.10. The molecule has 2 aromatic carbocycles. The maximum atomic E-state index is 12.5. The van der Waals surface area contributed by atoms with Crippen LogP contribution in [0.15, 0.2) is 54.6 Å². The SMILES string of the molecule is COC(=O)c1c(-c2cccc(OC)c2)nn(-c2ccccc2)c1C(=O)OC. The van der Waals surface area contributed by atoms with E-state index in [1.165, 1.54) is 18.9 Å². The van der Waals surface area contributed by atoms with Crippen LogP contribution in [0.25, 0.3) is 16.9 Å². The van der Waals surface area contributed by atoms with Gasteiger partial charge in [0.25, 0.3) is 0 Å². The number of nitrogens with zero attached hydrogens (tertiary/aromatic N) is 2. The monoisotopic (exact) mass is 366 g/mol. The van der Waals surface area contributed by atoms with E-state index in [1.807, 2.05) is 6.07 Å². The summed E-state index contributed by atoms with van der Waals surface area (Å²) < 4.78 is 16.4. The largest absolute Gasteiger partial charge is 0.497 e. The predicted molar refractivity (Wildman–Crippen MR) is 98.2 cm³/mol. The van der Waals surface area contributed by atoms with Gasteiger partial charge in [0.05, 0.1) is 27.0 Å². The summed E-state index contributed by atoms with van der Waals surface area (Å²) in [6.07, 6.45) is 0. The van der Waals surface area contributed by atoms with Crippen molar-refractivity contribution in [3.05, 3.63) is 65.9 Å². The Kier molecular flexibility index (Phi) is 5.21. The minimum atomic E-state index is -0.694. The van der Waals surface area contributed by atoms with Gasteiger partial charge in [-0.1, -0.05) is 30.3 Å². The Bertz CT molecular complexity index is 979. The summed E-state index contributed by atoms with van der Waals surface area (Å²) in [5, 5.41) is 4.52. The molecule has 138 valence electrons. The lowest BCUT2D eigenvalue weighted by atomic mass is 10.1. The van der Waals surface area contributed by atoms with E-state index in [4.69, 9.17) is 14.2 Å². The van der Waals surface area contributed by atoms with Crippen LogP contribution in [0.2, 0.25) is 0 Å². The zero-order valence-corrected chi connectivity index (χ0v) is 15.1. The Morgan fingerprint density at radius 2 is 1.59 bits per heavy atom. The fourth-order valence-corrected chi connectivity index (χ4v) is 2.73. The number of benzene rings is 2. The van der Waals surface area contributed by atoms with E-state index in [2.05, 4.69) is 5.10 Å². The lowest BCUT2D eigenvalue weighted by Crippen LogP contribution is -2.15. The van der Waals surface area contributed by atoms with Crippen molar-refractivity contribution in [2.45, 2.75) is 0 Å². The Morgan fingerprint density at radius 1 is 0.889 bits per heavy atom. The van der Waals surface area contributed by atoms with E-state index < -0.39 is 11.9 Å². The topological polar surface area (TPSA) is 79.7 Å². The molecule has 0 radical (unpaired) electrons. The maximum Gasteiger partial charge on any atom is 0.357 e. The van der Waals surface area contributed by atoms with Gasteiger partial charge in [-0.25, -0.2) is 14.3 Å². The number of para-hydroxylation sites is 1. The maximum absolute atomic E-state index is 12.5. The first-order valence-electron chi connectivity index (χ1n) is 8.10. The molecule has 3 rings (SSSR count). The van der Waals surface area contributed by atoms with E-state index in [0.29, 0.717) is 22.7 Å². The van der Waals surface area contributed by atoms with Crippen molar-refractivity contribution in [2.24, 2.45) is 0 Å². The minimum absolute atomic E-state index is 0.00614. The summed E-state index contributed by atoms with van der Waals surface area (Å²) in [7, 11) is 4.04. The zero-order chi connectivity index (χ0) is 19.4. The molecule has 0 amide bonds. The number of ether oxygens (including phenoxy) is 3. The molecular formula is C20H18N2O5. The van der Waals surface area contributed by atoms with Crippen LogP contribution >= 0.6 is 0 Å². The van der Waals surface area contributed by atoms with E-state index >= 15 is 0 Å². The number of hydrogen-bond donors (Lipinski definition) is 0. The lowest BCUT2D eigenvalue weighted by molar-refractivity contribution is 0.0549. The second-order valence-electron chi connectivity index (χ2n) is 5.53. The quantitative estimate of drug-likeness (QED) is 0.646. The average molecular weight is 366 g/mol. The van der Waals surface area contributed by atoms with Crippen LogP contribution < -0.4 is 4.74 Å². The van der Waals surface area contributed by atoms with Crippen LogP contribution in [0.4, 0.5) is 0 Å². The van der Waals surface area contributed by atoms with Crippen LogP contribution in [0.3, 0.4) is 0 Å². The zero-order valence-electron chi connectivity index (χ0n) is 15.1. The summed E-state index contributed by atoms with van der Waals surface area (Å²) in [4.78, 5) is 25.0. The Hall–Kier alpha value is -3.61. The second-order valence-corrected chi connectivity index (χ2v) is 5.53. The summed E-state index contributed by atoms with van der Waals surface area (Å²) in [6, 6.07) is 16.0. The van der Waals surface area contributed by atoms with Crippen LogP contribution in [-0.2, 0) is 9.47 Å². The Balaban J connectivity index is 2.34. The number of methoxy groups -OCH3 is 3. The Labute approximate surface area is 156 Å². The van der Waals surface area contributed by atoms with Crippen molar-refractivity contribution in [2.75, 3.05) is 21.3 Å². The summed E-state index contributed by atoms with van der Waals surface area (Å²) >= 11 is 0. The highest BCUT2D eigenvalue weighted by Gasteiger charge is 2.31. The van der Waals surface area contributed by atoms with Crippen LogP contribution in [-0.4, -0.2) is 43.0 Å². The van der Waals surface area contributed by atoms with Crippen molar-refractivity contribution in [3.8, 4) is 22.7 Å². The van der Waals surface area contributed by atoms with Gasteiger partial charge in [0.2, 0.25) is 0 Å². The standard InChI is InChI=1S/C20H18N2O5/c1-25-15-11-7-8-13(12-15)17-16(19(23)26-2)18(20(24)27-3)22(21-17)14-9-5-4-6-10-14/h4-12H,1-3H3. The van der Waals surface area contributed by atoms with Crippen molar-refractivity contribution in [3.63, 3.8) is 0 Å². The average Bonchev–Trinajstić information content (AvgIpc) is 3.14. The molecule has 0 N–H and O–H groups in total. The molecule has 27 heavy (non-hydrogen) atoms. The molecule has 0 bridgehead atoms. The van der Waals surface area contributed by atoms with Gasteiger partial charge in [-0.3, -0.25) is 0 Å². The highest BCUT2D eigenvalue weighted by molar-refractivity contribution is 6.06. The molecular weight excluding hydrogens is 348 g/mol. The third-order valence-corrected chi connectivity index (χ3v) is 4.00. The van der Waals surface area contributed by atoms with Crippen molar-refractivity contribution < 1.29 is 23.8 Å². The lowest BCUT2D eigenvalue weighted by Gasteiger charge is -2.07. The van der Waals surface area contributed by atoms with Crippen molar-refractivity contribution in [1.82, 2.24) is 9.78 Å². The van der Waals surface area contributed by atoms with Crippen LogP contribution in [0.1, 0.15) is 20.8 Å². The third kappa shape index (κ3) is 3.39. The Morgan fingerprint density at radius 3 is 2.22 bits per heavy atom. The molecule has 0 saturated carbocycles. The molecule has 0 unspecified atom stereocenters. The molecule has 1 aromatic heterocycles. The number of hydrogen-bond acceptors (Lipinski definition) is 6. The van der Waals surface area contributed by atoms with Crippen LogP contribution in [0.5, 0.6) is 5.75 Å². The molecule has 3 aromatic rings. The molecule has 0 saturated heterocycles. The van der Waals surface area contributed by atoms with Gasteiger partial charge in [0.1, 0.15) is 17.0 Å². The predicted octanol–water partition coefficient (Wildman–Crippen LogP) is 3.12. The van der Waals surface area contributed by atoms with Gasteiger partial charge < -0.3 is 14.2 Å². The smallest absolute Gasteiger partial charge is 0.357 e. The van der Waals surface area contributed by atoms with E-state index in [0.717, 1.165) is 0 Å². The van der Waals surface area contributed by atoms with Gasteiger partial charge in [0, 0.05) is 5.56 Å². The molecule has 0 aliphatic carbocycles. The van der Waals surface area contributed by atoms with E-state index in [1.54, 1.807) is 55.6 Å². The van der Waals surface area contributed by atoms with Gasteiger partial charge >= 0.3 is 11.9 Å². The molecule has 0 fully saturated rings. The van der Waals surface area contributed by atoms with E-state index in [-0.39, 0.29) is 11.3 Å². The molecule has 0 atom stereocenters. The third-order valence-electron chi connectivity index (χ3n) is 4.00. The molecule has 7 heteroatoms. The molecule has 0 aliphatic rings. The number of aromatic nitrogens is 2. The summed E-state index contributed by atoms with van der Waals surface area (Å²) in [6.45, 7) is 0. The highest BCUT2D eigenvalue weighted by Crippen LogP contribution is 2.30. The fourth-order valence-electron chi connectivity index (χ4n) is 2.73. The van der Waals surface area contributed by atoms with E-state index in [9.17, 15) is 9.59 Å². The first-order chi connectivity index (χ1) is 13.1. The van der Waals surface area contributed by atoms with Gasteiger partial charge in [-0.15, -0.1) is 0 Å². The minimum Gasteiger partial charge on any atom is -0.497 e.